The van der Waals surface area contributed by atoms with Gasteiger partial charge in [0, 0.05) is 48.5 Å². The van der Waals surface area contributed by atoms with Gasteiger partial charge in [-0.3, -0.25) is 9.13 Å². The Bertz CT molecular complexity index is 4370. The van der Waals surface area contributed by atoms with Crippen molar-refractivity contribution in [1.29, 1.82) is 0 Å². The first-order chi connectivity index (χ1) is 29.8. The molecule has 6 aromatic heterocycles. The van der Waals surface area contributed by atoms with E-state index in [9.17, 15) is 0 Å². The molecule has 15 rings (SSSR count). The quantitative estimate of drug-likeness (QED) is 0.176. The average molecular weight is 764 g/mol. The van der Waals surface area contributed by atoms with Crippen LogP contribution in [0.5, 0.6) is 0 Å². The van der Waals surface area contributed by atoms with Crippen LogP contribution in [-0.2, 0) is 0 Å². The van der Waals surface area contributed by atoms with Gasteiger partial charge in [0.05, 0.1) is 38.6 Å². The van der Waals surface area contributed by atoms with Crippen molar-refractivity contribution in [3.8, 4) is 11.8 Å². The lowest BCUT2D eigenvalue weighted by Crippen LogP contribution is -2.06. The third-order valence-corrected chi connectivity index (χ3v) is 13.1. The molecule has 6 heterocycles. The van der Waals surface area contributed by atoms with E-state index in [0.717, 1.165) is 43.9 Å². The second-order valence-corrected chi connectivity index (χ2v) is 16.1. The fourth-order valence-corrected chi connectivity index (χ4v) is 10.7. The zero-order valence-electron chi connectivity index (χ0n) is 31.9. The Morgan fingerprint density at radius 3 is 1.82 bits per heavy atom. The van der Waals surface area contributed by atoms with Crippen LogP contribution in [0.15, 0.2) is 180 Å². The van der Waals surface area contributed by atoms with E-state index in [1.807, 2.05) is 12.1 Å². The van der Waals surface area contributed by atoms with Gasteiger partial charge < -0.3 is 8.82 Å². The molecule has 0 aliphatic rings. The molecule has 0 radical (unpaired) electrons. The number of hydrogen-bond donors (Lipinski definition) is 0. The lowest BCUT2D eigenvalue weighted by Gasteiger charge is -2.12. The first kappa shape index (κ1) is 30.9. The van der Waals surface area contributed by atoms with Crippen molar-refractivity contribution in [2.75, 3.05) is 0 Å². The van der Waals surface area contributed by atoms with Gasteiger partial charge in [-0.15, -0.1) is 0 Å². The number of furan rings is 1. The molecule has 0 bridgehead atoms. The normalized spacial score (nSPS) is 12.7. The molecule has 60 heavy (non-hydrogen) atoms. The molecule has 276 valence electrons. The SMILES string of the molecule is c1ccc2cc3c(cc2c1)c1c2c4ccccc4n(-c4nc(-n5c6ccccc6c6c7ccccc7ccc65)c5oc6ccccc6c5n4)c2cc2c4ccccc4n3c21. The maximum atomic E-state index is 6.80. The highest BCUT2D eigenvalue weighted by Crippen LogP contribution is 2.48. The maximum absolute atomic E-state index is 6.80. The average Bonchev–Trinajstić information content (AvgIpc) is 4.10. The summed E-state index contributed by atoms with van der Waals surface area (Å²) in [5.74, 6) is 1.30. The zero-order valence-corrected chi connectivity index (χ0v) is 31.9. The summed E-state index contributed by atoms with van der Waals surface area (Å²) in [6.07, 6.45) is 0. The molecule has 9 aromatic carbocycles. The second kappa shape index (κ2) is 10.8. The van der Waals surface area contributed by atoms with Crippen molar-refractivity contribution < 1.29 is 4.42 Å². The van der Waals surface area contributed by atoms with Crippen LogP contribution >= 0.6 is 0 Å². The van der Waals surface area contributed by atoms with Crippen LogP contribution in [0.25, 0.3) is 137 Å². The minimum absolute atomic E-state index is 0.592. The van der Waals surface area contributed by atoms with Crippen molar-refractivity contribution in [1.82, 2.24) is 23.5 Å². The highest BCUT2D eigenvalue weighted by atomic mass is 16.3. The van der Waals surface area contributed by atoms with Crippen molar-refractivity contribution in [2.24, 2.45) is 0 Å². The molecule has 0 fully saturated rings. The monoisotopic (exact) mass is 763 g/mol. The van der Waals surface area contributed by atoms with Gasteiger partial charge in [0.1, 0.15) is 11.1 Å². The molecule has 15 aromatic rings. The van der Waals surface area contributed by atoms with Gasteiger partial charge >= 0.3 is 0 Å². The molecule has 0 aliphatic heterocycles. The third kappa shape index (κ3) is 3.71. The molecule has 0 amide bonds. The van der Waals surface area contributed by atoms with Gasteiger partial charge in [-0.05, 0) is 76.1 Å². The molecule has 0 aliphatic carbocycles. The standard InChI is InChI=1S/C54H29N5O/c1-2-15-32-28-44-39(27-31(32)14-1)49-48-36-19-7-11-23-42(36)59(45(48)29-38-34-17-5-9-21-40(34)57(44)51(38)49)54-55-50-37-20-8-12-24-46(37)60-52(50)53(56-54)58-41-22-10-6-18-35(41)47-33-16-4-3-13-30(33)25-26-43(47)58/h1-29H. The Kier molecular flexibility index (Phi) is 5.57. The molecular formula is C54H29N5O. The van der Waals surface area contributed by atoms with E-state index >= 15 is 0 Å². The molecule has 0 saturated carbocycles. The molecule has 6 heteroatoms. The summed E-state index contributed by atoms with van der Waals surface area (Å²) in [4.78, 5) is 11.2. The number of hydrogen-bond acceptors (Lipinski definition) is 3. The van der Waals surface area contributed by atoms with Crippen LogP contribution < -0.4 is 0 Å². The Balaban J connectivity index is 1.15. The number of rotatable bonds is 2. The van der Waals surface area contributed by atoms with Crippen molar-refractivity contribution >= 4 is 125 Å². The first-order valence-corrected chi connectivity index (χ1v) is 20.4. The van der Waals surface area contributed by atoms with E-state index < -0.39 is 0 Å². The molecule has 0 unspecified atom stereocenters. The minimum atomic E-state index is 0.592. The second-order valence-electron chi connectivity index (χ2n) is 16.1. The lowest BCUT2D eigenvalue weighted by molar-refractivity contribution is 0.661. The van der Waals surface area contributed by atoms with Crippen LogP contribution in [0.3, 0.4) is 0 Å². The van der Waals surface area contributed by atoms with Gasteiger partial charge in [-0.1, -0.05) is 121 Å². The summed E-state index contributed by atoms with van der Waals surface area (Å²) in [5, 5.41) is 15.5. The molecule has 6 nitrogen and oxygen atoms in total. The molecule has 0 spiro atoms. The third-order valence-electron chi connectivity index (χ3n) is 13.1. The summed E-state index contributed by atoms with van der Waals surface area (Å²) in [7, 11) is 0. The first-order valence-electron chi connectivity index (χ1n) is 20.4. The Morgan fingerprint density at radius 2 is 1.00 bits per heavy atom. The fraction of sp³-hybridized carbons (Fsp3) is 0. The van der Waals surface area contributed by atoms with E-state index in [0.29, 0.717) is 17.3 Å². The predicted molar refractivity (Wildman–Crippen MR) is 248 cm³/mol. The van der Waals surface area contributed by atoms with Crippen LogP contribution in [0.4, 0.5) is 0 Å². The summed E-state index contributed by atoms with van der Waals surface area (Å²) in [6.45, 7) is 0. The van der Waals surface area contributed by atoms with Crippen LogP contribution in [0.2, 0.25) is 0 Å². The van der Waals surface area contributed by atoms with Crippen molar-refractivity contribution in [2.45, 2.75) is 0 Å². The minimum Gasteiger partial charge on any atom is -0.450 e. The zero-order chi connectivity index (χ0) is 38.8. The number of fused-ring (bicyclic) bond motifs is 19. The van der Waals surface area contributed by atoms with Crippen LogP contribution in [0.1, 0.15) is 0 Å². The number of nitrogens with zero attached hydrogens (tertiary/aromatic N) is 5. The Labute approximate surface area is 339 Å². The fourth-order valence-electron chi connectivity index (χ4n) is 10.7. The van der Waals surface area contributed by atoms with Gasteiger partial charge in [0.2, 0.25) is 5.95 Å². The molecule has 0 atom stereocenters. The van der Waals surface area contributed by atoms with Crippen LogP contribution in [0, 0.1) is 0 Å². The molecular weight excluding hydrogens is 735 g/mol. The molecule has 0 N–H and O–H groups in total. The van der Waals surface area contributed by atoms with Crippen LogP contribution in [-0.4, -0.2) is 23.5 Å². The number of para-hydroxylation sites is 4. The lowest BCUT2D eigenvalue weighted by atomic mass is 10.0. The van der Waals surface area contributed by atoms with Gasteiger partial charge in [0.25, 0.3) is 0 Å². The van der Waals surface area contributed by atoms with Gasteiger partial charge in [-0.25, -0.2) is 4.98 Å². The van der Waals surface area contributed by atoms with E-state index in [1.165, 1.54) is 75.8 Å². The van der Waals surface area contributed by atoms with E-state index in [-0.39, 0.29) is 0 Å². The van der Waals surface area contributed by atoms with E-state index in [1.54, 1.807) is 0 Å². The number of benzene rings is 9. The summed E-state index contributed by atoms with van der Waals surface area (Å²) >= 11 is 0. The maximum Gasteiger partial charge on any atom is 0.237 e. The highest BCUT2D eigenvalue weighted by Gasteiger charge is 2.27. The van der Waals surface area contributed by atoms with Crippen molar-refractivity contribution in [3.63, 3.8) is 0 Å². The smallest absolute Gasteiger partial charge is 0.237 e. The number of aromatic nitrogens is 5. The summed E-state index contributed by atoms with van der Waals surface area (Å²) in [6, 6.07) is 63.3. The largest absolute Gasteiger partial charge is 0.450 e. The van der Waals surface area contributed by atoms with E-state index in [4.69, 9.17) is 14.4 Å². The van der Waals surface area contributed by atoms with Gasteiger partial charge in [0.15, 0.2) is 11.4 Å². The summed E-state index contributed by atoms with van der Waals surface area (Å²) < 4.78 is 13.9. The van der Waals surface area contributed by atoms with Gasteiger partial charge in [-0.2, -0.15) is 4.98 Å². The topological polar surface area (TPSA) is 53.2 Å². The summed E-state index contributed by atoms with van der Waals surface area (Å²) in [5.41, 5.74) is 10.1. The van der Waals surface area contributed by atoms with Crippen molar-refractivity contribution in [3.05, 3.63) is 176 Å². The Morgan fingerprint density at radius 1 is 0.367 bits per heavy atom. The molecule has 0 saturated heterocycles. The Hall–Kier alpha value is -8.22. The van der Waals surface area contributed by atoms with E-state index in [2.05, 4.69) is 177 Å². The highest BCUT2D eigenvalue weighted by molar-refractivity contribution is 6.36. The predicted octanol–water partition coefficient (Wildman–Crippen LogP) is 14.0.